The molecule has 0 spiro atoms. The number of phenolic OH excluding ortho intramolecular Hbond substituents is 1. The monoisotopic (exact) mass is 677 g/mol. The van der Waals surface area contributed by atoms with Crippen LogP contribution < -0.4 is 25.0 Å². The Labute approximate surface area is 283 Å². The fourth-order valence-electron chi connectivity index (χ4n) is 8.60. The van der Waals surface area contributed by atoms with Crippen LogP contribution in [0.4, 0.5) is 19.0 Å². The van der Waals surface area contributed by atoms with E-state index in [-0.39, 0.29) is 89.3 Å². The molecule has 6 atom stereocenters. The van der Waals surface area contributed by atoms with E-state index in [1.807, 2.05) is 25.1 Å². The molecule has 2 bridgehead atoms. The summed E-state index contributed by atoms with van der Waals surface area (Å²) < 4.78 is 66.9. The van der Waals surface area contributed by atoms with Crippen molar-refractivity contribution < 1.29 is 32.5 Å². The van der Waals surface area contributed by atoms with Crippen molar-refractivity contribution in [3.63, 3.8) is 0 Å². The van der Waals surface area contributed by atoms with Gasteiger partial charge in [-0.3, -0.25) is 0 Å². The Kier molecular flexibility index (Phi) is 8.65. The number of alkyl halides is 1. The number of nitrogens with one attached hydrogen (secondary N) is 2. The topological polar surface area (TPSA) is 101 Å². The van der Waals surface area contributed by atoms with Crippen LogP contribution in [0, 0.1) is 23.5 Å². The van der Waals surface area contributed by atoms with Gasteiger partial charge >= 0.3 is 6.01 Å². The van der Waals surface area contributed by atoms with E-state index in [1.165, 1.54) is 6.07 Å². The van der Waals surface area contributed by atoms with Crippen molar-refractivity contribution in [1.82, 2.24) is 20.6 Å². The van der Waals surface area contributed by atoms with Crippen molar-refractivity contribution in [2.45, 2.75) is 63.3 Å². The van der Waals surface area contributed by atoms with E-state index in [4.69, 9.17) is 19.2 Å². The molecule has 0 amide bonds. The summed E-state index contributed by atoms with van der Waals surface area (Å²) in [5, 5.41) is 19.0. The fourth-order valence-corrected chi connectivity index (χ4v) is 8.60. The van der Waals surface area contributed by atoms with Crippen LogP contribution in [0.1, 0.15) is 38.2 Å². The Balaban J connectivity index is 1.28. The lowest BCUT2D eigenvalue weighted by Crippen LogP contribution is -2.60. The lowest BCUT2D eigenvalue weighted by molar-refractivity contribution is 0.0990. The summed E-state index contributed by atoms with van der Waals surface area (Å²) in [6.45, 7) is 4.31. The van der Waals surface area contributed by atoms with Gasteiger partial charge in [0.2, 0.25) is 0 Å². The first-order chi connectivity index (χ1) is 23.8. The van der Waals surface area contributed by atoms with Crippen LogP contribution in [0.15, 0.2) is 30.3 Å². The molecule has 5 heterocycles. The molecule has 3 unspecified atom stereocenters. The van der Waals surface area contributed by atoms with Crippen molar-refractivity contribution in [2.75, 3.05) is 51.5 Å². The second-order valence-electron chi connectivity index (χ2n) is 14.1. The molecule has 3 aromatic carbocycles. The molecule has 8 rings (SSSR count). The van der Waals surface area contributed by atoms with Crippen LogP contribution in [0.25, 0.3) is 32.8 Å². The first-order valence-corrected chi connectivity index (χ1v) is 17.4. The molecule has 0 radical (unpaired) electrons. The number of aromatic nitrogens is 2. The third-order valence-corrected chi connectivity index (χ3v) is 10.8. The molecule has 4 aliphatic rings. The molecule has 4 aromatic rings. The average molecular weight is 678 g/mol. The Morgan fingerprint density at radius 1 is 1.04 bits per heavy atom. The highest BCUT2D eigenvalue weighted by Crippen LogP contribution is 2.48. The maximum Gasteiger partial charge on any atom is 0.319 e. The number of piperazine rings is 1. The molecule has 3 fully saturated rings. The van der Waals surface area contributed by atoms with Gasteiger partial charge in [-0.15, -0.1) is 0 Å². The first-order valence-electron chi connectivity index (χ1n) is 17.4. The lowest BCUT2D eigenvalue weighted by atomic mass is 9.89. The molecule has 0 saturated carbocycles. The van der Waals surface area contributed by atoms with Gasteiger partial charge < -0.3 is 34.9 Å². The molecular weight excluding hydrogens is 635 g/mol. The third kappa shape index (κ3) is 5.81. The zero-order chi connectivity index (χ0) is 33.8. The highest BCUT2D eigenvalue weighted by Gasteiger charge is 2.44. The standard InChI is InChI=1S/C37H42F3N5O4/c1-3-21-5-4-6-22-11-25(46)12-26(29(21)22)30-32(39)34-31-35(33(30)40)48-18-28-27-8-7-24(42-27)15-45(28)36(31)44-37(43-34)49-17-19-9-20(16-47-2)13-41-14-23(38)10-19/h4-6,11-12,19-20,23-24,27-28,41-42,46H,3,7-10,13-18H2,1-2H3/t19-,20+,23-,24?,27?,28?/m1/s1. The van der Waals surface area contributed by atoms with Gasteiger partial charge in [-0.25, -0.2) is 13.2 Å². The number of halogens is 3. The van der Waals surface area contributed by atoms with Crippen LogP contribution in [0.2, 0.25) is 0 Å². The summed E-state index contributed by atoms with van der Waals surface area (Å²) >= 11 is 0. The van der Waals surface area contributed by atoms with Crippen LogP contribution in [0.5, 0.6) is 17.5 Å². The van der Waals surface area contributed by atoms with Crippen LogP contribution in [0.3, 0.4) is 0 Å². The number of rotatable bonds is 7. The smallest absolute Gasteiger partial charge is 0.319 e. The maximum atomic E-state index is 17.2. The van der Waals surface area contributed by atoms with Crippen molar-refractivity contribution in [3.05, 3.63) is 47.5 Å². The number of anilines is 1. The summed E-state index contributed by atoms with van der Waals surface area (Å²) in [6, 6.07) is 8.68. The van der Waals surface area contributed by atoms with Gasteiger partial charge in [0.25, 0.3) is 0 Å². The quantitative estimate of drug-likeness (QED) is 0.228. The number of methoxy groups -OCH3 is 1. The van der Waals surface area contributed by atoms with Gasteiger partial charge in [0.05, 0.1) is 30.2 Å². The van der Waals surface area contributed by atoms with E-state index >= 15 is 8.78 Å². The fraction of sp³-hybridized carbons (Fsp3) is 0.514. The number of nitrogens with zero attached hydrogens (tertiary/aromatic N) is 3. The van der Waals surface area contributed by atoms with Gasteiger partial charge in [0.15, 0.2) is 17.4 Å². The van der Waals surface area contributed by atoms with Gasteiger partial charge in [-0.05, 0) is 78.0 Å². The molecular formula is C37H42F3N5O4. The molecule has 49 heavy (non-hydrogen) atoms. The molecule has 4 aliphatic heterocycles. The minimum atomic E-state index is -1.04. The van der Waals surface area contributed by atoms with E-state index in [0.717, 1.165) is 18.4 Å². The Bertz CT molecular complexity index is 1900. The number of aromatic hydroxyl groups is 1. The number of ether oxygens (including phenoxy) is 3. The summed E-state index contributed by atoms with van der Waals surface area (Å²) in [7, 11) is 1.65. The Morgan fingerprint density at radius 2 is 1.92 bits per heavy atom. The van der Waals surface area contributed by atoms with Gasteiger partial charge in [0.1, 0.15) is 29.9 Å². The molecule has 260 valence electrons. The molecule has 12 heteroatoms. The van der Waals surface area contributed by atoms with Crippen molar-refractivity contribution >= 4 is 27.5 Å². The second-order valence-corrected chi connectivity index (χ2v) is 14.1. The number of aryl methyl sites for hydroxylation is 1. The van der Waals surface area contributed by atoms with Crippen LogP contribution in [-0.2, 0) is 11.2 Å². The minimum absolute atomic E-state index is 0.0506. The highest BCUT2D eigenvalue weighted by molar-refractivity contribution is 6.05. The van der Waals surface area contributed by atoms with E-state index in [0.29, 0.717) is 55.5 Å². The zero-order valence-electron chi connectivity index (χ0n) is 27.8. The predicted octanol–water partition coefficient (Wildman–Crippen LogP) is 5.68. The van der Waals surface area contributed by atoms with Crippen molar-refractivity contribution in [3.8, 4) is 28.6 Å². The molecule has 3 N–H and O–H groups in total. The van der Waals surface area contributed by atoms with E-state index in [9.17, 15) is 9.50 Å². The summed E-state index contributed by atoms with van der Waals surface area (Å²) in [6.07, 6.45) is 2.47. The molecule has 9 nitrogen and oxygen atoms in total. The SMILES string of the molecule is CCc1cccc2cc(O)cc(-c3c(F)c4c5c(nc(OC[C@H]6C[C@@H](F)CNC[C@@H](COC)C6)nc5c3F)N3CC5CCC(N5)C3CO4)c12. The van der Waals surface area contributed by atoms with Crippen LogP contribution in [-0.4, -0.2) is 85.9 Å². The number of hydrogen-bond acceptors (Lipinski definition) is 9. The number of phenols is 1. The first kappa shape index (κ1) is 32.3. The number of benzene rings is 3. The maximum absolute atomic E-state index is 17.2. The Morgan fingerprint density at radius 3 is 2.76 bits per heavy atom. The largest absolute Gasteiger partial charge is 0.508 e. The minimum Gasteiger partial charge on any atom is -0.508 e. The van der Waals surface area contributed by atoms with Gasteiger partial charge in [-0.2, -0.15) is 9.97 Å². The summed E-state index contributed by atoms with van der Waals surface area (Å²) in [4.78, 5) is 11.5. The van der Waals surface area contributed by atoms with Crippen molar-refractivity contribution in [1.29, 1.82) is 0 Å². The summed E-state index contributed by atoms with van der Waals surface area (Å²) in [5.41, 5.74) is 0.661. The third-order valence-electron chi connectivity index (χ3n) is 10.8. The number of fused-ring (bicyclic) bond motifs is 6. The number of hydrogen-bond donors (Lipinski definition) is 3. The molecule has 1 aromatic heterocycles. The van der Waals surface area contributed by atoms with Crippen molar-refractivity contribution in [2.24, 2.45) is 11.8 Å². The van der Waals surface area contributed by atoms with Gasteiger partial charge in [-0.1, -0.05) is 25.1 Å². The highest BCUT2D eigenvalue weighted by atomic mass is 19.1. The molecule has 0 aliphatic carbocycles. The zero-order valence-corrected chi connectivity index (χ0v) is 27.8. The predicted molar refractivity (Wildman–Crippen MR) is 181 cm³/mol. The summed E-state index contributed by atoms with van der Waals surface area (Å²) in [5.74, 6) is -1.56. The van der Waals surface area contributed by atoms with Gasteiger partial charge in [0, 0.05) is 38.8 Å². The van der Waals surface area contributed by atoms with E-state index in [1.54, 1.807) is 13.2 Å². The lowest BCUT2D eigenvalue weighted by Gasteiger charge is -2.40. The van der Waals surface area contributed by atoms with E-state index < -0.39 is 17.8 Å². The second kappa shape index (κ2) is 13.1. The van der Waals surface area contributed by atoms with Crippen LogP contribution >= 0.6 is 0 Å². The molecule has 3 saturated heterocycles. The van der Waals surface area contributed by atoms with E-state index in [2.05, 4.69) is 20.5 Å². The average Bonchev–Trinajstić information content (AvgIpc) is 3.38. The normalized spacial score (nSPS) is 26.6. The Hall–Kier alpha value is -3.87.